The summed E-state index contributed by atoms with van der Waals surface area (Å²) in [7, 11) is -3.80. The summed E-state index contributed by atoms with van der Waals surface area (Å²) >= 11 is 5.97. The van der Waals surface area contributed by atoms with E-state index in [1.807, 2.05) is 24.3 Å². The molecule has 0 aromatic heterocycles. The number of para-hydroxylation sites is 2. The molecule has 0 atom stereocenters. The number of rotatable bonds is 5. The maximum absolute atomic E-state index is 12.9. The van der Waals surface area contributed by atoms with Crippen molar-refractivity contribution >= 4 is 38.8 Å². The van der Waals surface area contributed by atoms with Gasteiger partial charge in [-0.15, -0.1) is 0 Å². The quantitative estimate of drug-likeness (QED) is 0.538. The third kappa shape index (κ3) is 4.38. The molecular formula is C23H22ClN3O3S. The van der Waals surface area contributed by atoms with E-state index < -0.39 is 10.0 Å². The molecule has 0 amide bonds. The number of benzene rings is 3. The molecule has 1 aliphatic rings. The Labute approximate surface area is 187 Å². The number of nitrogens with one attached hydrogen (secondary N) is 1. The Bertz CT molecular complexity index is 1250. The molecule has 0 saturated heterocycles. The number of fused-ring (bicyclic) bond motifs is 2. The van der Waals surface area contributed by atoms with Crippen molar-refractivity contribution in [2.75, 3.05) is 17.8 Å². The van der Waals surface area contributed by atoms with Crippen LogP contribution in [0.5, 0.6) is 11.5 Å². The van der Waals surface area contributed by atoms with Gasteiger partial charge in [-0.05, 0) is 62.4 Å². The Kier molecular flexibility index (Phi) is 5.89. The van der Waals surface area contributed by atoms with Gasteiger partial charge in [-0.2, -0.15) is 0 Å². The smallest absolute Gasteiger partial charge is 0.261 e. The molecule has 0 aliphatic carbocycles. The van der Waals surface area contributed by atoms with Crippen LogP contribution in [0.1, 0.15) is 19.4 Å². The Morgan fingerprint density at radius 1 is 0.968 bits per heavy atom. The molecule has 3 aromatic carbocycles. The summed E-state index contributed by atoms with van der Waals surface area (Å²) in [6.07, 6.45) is 0. The van der Waals surface area contributed by atoms with E-state index in [1.165, 1.54) is 12.1 Å². The van der Waals surface area contributed by atoms with Gasteiger partial charge in [-0.25, -0.2) is 13.4 Å². The molecule has 6 nitrogen and oxygen atoms in total. The first-order valence-electron chi connectivity index (χ1n) is 9.94. The van der Waals surface area contributed by atoms with E-state index in [9.17, 15) is 8.42 Å². The minimum atomic E-state index is -3.80. The lowest BCUT2D eigenvalue weighted by atomic mass is 10.1. The van der Waals surface area contributed by atoms with Crippen molar-refractivity contribution in [3.05, 3.63) is 77.3 Å². The van der Waals surface area contributed by atoms with Crippen LogP contribution in [0, 0.1) is 0 Å². The fraction of sp³-hybridized carbons (Fsp3) is 0.174. The second-order valence-electron chi connectivity index (χ2n) is 6.95. The zero-order chi connectivity index (χ0) is 22.0. The number of amidine groups is 1. The van der Waals surface area contributed by atoms with Crippen molar-refractivity contribution in [2.24, 2.45) is 4.99 Å². The average molecular weight is 456 g/mol. The number of anilines is 1. The normalized spacial score (nSPS) is 12.7. The Morgan fingerprint density at radius 2 is 1.74 bits per heavy atom. The van der Waals surface area contributed by atoms with Crippen LogP contribution in [0.15, 0.2) is 76.6 Å². The predicted molar refractivity (Wildman–Crippen MR) is 124 cm³/mol. The SMILES string of the molecule is CCN(CC)C1=Nc2ccccc2Oc2ccc(NS(=O)(=O)c3cccc(Cl)c3)cc21. The van der Waals surface area contributed by atoms with Crippen LogP contribution in [-0.2, 0) is 10.0 Å². The van der Waals surface area contributed by atoms with Crippen molar-refractivity contribution in [3.63, 3.8) is 0 Å². The van der Waals surface area contributed by atoms with E-state index >= 15 is 0 Å². The van der Waals surface area contributed by atoms with E-state index in [1.54, 1.807) is 30.3 Å². The monoisotopic (exact) mass is 455 g/mol. The first kappa shape index (κ1) is 21.2. The Hall–Kier alpha value is -3.03. The number of hydrogen-bond donors (Lipinski definition) is 1. The second-order valence-corrected chi connectivity index (χ2v) is 9.07. The number of sulfonamides is 1. The Morgan fingerprint density at radius 3 is 2.48 bits per heavy atom. The summed E-state index contributed by atoms with van der Waals surface area (Å²) in [5, 5.41) is 0.354. The molecule has 160 valence electrons. The molecule has 0 fully saturated rings. The topological polar surface area (TPSA) is 71.0 Å². The number of halogens is 1. The molecule has 8 heteroatoms. The predicted octanol–water partition coefficient (Wildman–Crippen LogP) is 5.67. The summed E-state index contributed by atoms with van der Waals surface area (Å²) in [5.41, 5.74) is 1.85. The number of hydrogen-bond acceptors (Lipinski definition) is 5. The lowest BCUT2D eigenvalue weighted by Crippen LogP contribution is -2.31. The van der Waals surface area contributed by atoms with Gasteiger partial charge in [0.2, 0.25) is 0 Å². The molecule has 0 bridgehead atoms. The fourth-order valence-electron chi connectivity index (χ4n) is 3.40. The van der Waals surface area contributed by atoms with Gasteiger partial charge in [0.25, 0.3) is 10.0 Å². The standard InChI is InChI=1S/C23H22ClN3O3S/c1-3-27(4-2)23-19-15-17(26-31(28,29)18-9-7-8-16(24)14-18)12-13-21(19)30-22-11-6-5-10-20(22)25-23/h5-15,26H,3-4H2,1-2H3. The zero-order valence-electron chi connectivity index (χ0n) is 17.2. The van der Waals surface area contributed by atoms with Crippen molar-refractivity contribution in [2.45, 2.75) is 18.7 Å². The molecule has 0 spiro atoms. The average Bonchev–Trinajstić information content (AvgIpc) is 2.91. The highest BCUT2D eigenvalue weighted by Crippen LogP contribution is 2.39. The molecule has 1 N–H and O–H groups in total. The minimum Gasteiger partial charge on any atom is -0.454 e. The zero-order valence-corrected chi connectivity index (χ0v) is 18.7. The van der Waals surface area contributed by atoms with Crippen molar-refractivity contribution in [1.29, 1.82) is 0 Å². The van der Waals surface area contributed by atoms with Gasteiger partial charge in [0, 0.05) is 23.8 Å². The van der Waals surface area contributed by atoms with E-state index in [-0.39, 0.29) is 4.90 Å². The second kappa shape index (κ2) is 8.61. The summed E-state index contributed by atoms with van der Waals surface area (Å²) in [6.45, 7) is 5.59. The third-order valence-electron chi connectivity index (χ3n) is 4.95. The summed E-state index contributed by atoms with van der Waals surface area (Å²) in [4.78, 5) is 7.06. The van der Waals surface area contributed by atoms with E-state index in [0.717, 1.165) is 24.6 Å². The van der Waals surface area contributed by atoms with Gasteiger partial charge in [0.05, 0.1) is 10.5 Å². The van der Waals surface area contributed by atoms with Crippen molar-refractivity contribution in [1.82, 2.24) is 4.90 Å². The van der Waals surface area contributed by atoms with Gasteiger partial charge >= 0.3 is 0 Å². The third-order valence-corrected chi connectivity index (χ3v) is 6.57. The largest absolute Gasteiger partial charge is 0.454 e. The maximum atomic E-state index is 12.9. The summed E-state index contributed by atoms with van der Waals surface area (Å²) in [6, 6.07) is 18.9. The lowest BCUT2D eigenvalue weighted by molar-refractivity contribution is 0.462. The number of nitrogens with zero attached hydrogens (tertiary/aromatic N) is 2. The van der Waals surface area contributed by atoms with Crippen LogP contribution in [0.4, 0.5) is 11.4 Å². The van der Waals surface area contributed by atoms with Crippen LogP contribution in [0.2, 0.25) is 5.02 Å². The van der Waals surface area contributed by atoms with E-state index in [2.05, 4.69) is 23.5 Å². The van der Waals surface area contributed by atoms with Crippen LogP contribution >= 0.6 is 11.6 Å². The van der Waals surface area contributed by atoms with Crippen LogP contribution < -0.4 is 9.46 Å². The highest BCUT2D eigenvalue weighted by Gasteiger charge is 2.23. The molecule has 0 unspecified atom stereocenters. The molecule has 3 aromatic rings. The molecule has 1 heterocycles. The van der Waals surface area contributed by atoms with Crippen LogP contribution in [0.3, 0.4) is 0 Å². The Balaban J connectivity index is 1.78. The summed E-state index contributed by atoms with van der Waals surface area (Å²) in [5.74, 6) is 1.99. The van der Waals surface area contributed by atoms with Crippen molar-refractivity contribution in [3.8, 4) is 11.5 Å². The van der Waals surface area contributed by atoms with E-state index in [4.69, 9.17) is 21.3 Å². The van der Waals surface area contributed by atoms with Crippen molar-refractivity contribution < 1.29 is 13.2 Å². The fourth-order valence-corrected chi connectivity index (χ4v) is 4.75. The highest BCUT2D eigenvalue weighted by atomic mass is 35.5. The molecule has 4 rings (SSSR count). The molecule has 1 aliphatic heterocycles. The number of aliphatic imine (C=N–C) groups is 1. The van der Waals surface area contributed by atoms with E-state index in [0.29, 0.717) is 27.8 Å². The van der Waals surface area contributed by atoms with Crippen LogP contribution in [0.25, 0.3) is 0 Å². The molecular weight excluding hydrogens is 434 g/mol. The minimum absolute atomic E-state index is 0.0937. The van der Waals surface area contributed by atoms with Gasteiger partial charge in [0.1, 0.15) is 17.3 Å². The van der Waals surface area contributed by atoms with Crippen LogP contribution in [-0.4, -0.2) is 32.2 Å². The summed E-state index contributed by atoms with van der Waals surface area (Å²) < 4.78 is 34.5. The van der Waals surface area contributed by atoms with Gasteiger partial charge in [-0.1, -0.05) is 29.8 Å². The maximum Gasteiger partial charge on any atom is 0.261 e. The first-order valence-corrected chi connectivity index (χ1v) is 11.8. The van der Waals surface area contributed by atoms with Gasteiger partial charge < -0.3 is 9.64 Å². The number of ether oxygens (including phenoxy) is 1. The molecule has 0 radical (unpaired) electrons. The lowest BCUT2D eigenvalue weighted by Gasteiger charge is -2.23. The van der Waals surface area contributed by atoms with Gasteiger partial charge in [0.15, 0.2) is 5.75 Å². The molecule has 0 saturated carbocycles. The first-order chi connectivity index (χ1) is 14.9. The molecule has 31 heavy (non-hydrogen) atoms. The van der Waals surface area contributed by atoms with Gasteiger partial charge in [-0.3, -0.25) is 4.72 Å². The highest BCUT2D eigenvalue weighted by molar-refractivity contribution is 7.92.